The molecular weight excluding hydrogens is 364 g/mol. The molecule has 0 radical (unpaired) electrons. The summed E-state index contributed by atoms with van der Waals surface area (Å²) in [6, 6.07) is 19.6. The van der Waals surface area contributed by atoms with E-state index in [0.29, 0.717) is 12.8 Å². The summed E-state index contributed by atoms with van der Waals surface area (Å²) in [6.07, 6.45) is -1.08. The fourth-order valence-electron chi connectivity index (χ4n) is 3.45. The summed E-state index contributed by atoms with van der Waals surface area (Å²) in [7, 11) is 0. The molecule has 0 aliphatic rings. The lowest BCUT2D eigenvalue weighted by Gasteiger charge is -2.29. The highest BCUT2D eigenvalue weighted by atomic mass is 16.6. The van der Waals surface area contributed by atoms with Crippen molar-refractivity contribution in [1.82, 2.24) is 0 Å². The molecule has 1 N–H and O–H groups in total. The first-order valence-corrected chi connectivity index (χ1v) is 10.5. The van der Waals surface area contributed by atoms with Crippen LogP contribution in [-0.2, 0) is 27.3 Å². The van der Waals surface area contributed by atoms with Gasteiger partial charge in [-0.2, -0.15) is 0 Å². The Hall–Kier alpha value is -2.17. The van der Waals surface area contributed by atoms with Gasteiger partial charge in [0.05, 0.1) is 12.7 Å². The first-order chi connectivity index (χ1) is 13.9. The van der Waals surface area contributed by atoms with Crippen molar-refractivity contribution in [2.24, 2.45) is 11.8 Å². The van der Waals surface area contributed by atoms with Crippen molar-refractivity contribution in [3.63, 3.8) is 0 Å². The maximum Gasteiger partial charge on any atom is 0.338 e. The van der Waals surface area contributed by atoms with Crippen molar-refractivity contribution >= 4 is 5.97 Å². The average molecular weight is 399 g/mol. The maximum absolute atomic E-state index is 12.9. The van der Waals surface area contributed by atoms with Gasteiger partial charge < -0.3 is 14.6 Å². The Morgan fingerprint density at radius 2 is 1.38 bits per heavy atom. The minimum atomic E-state index is -1.01. The molecule has 2 rings (SSSR count). The zero-order valence-electron chi connectivity index (χ0n) is 18.0. The van der Waals surface area contributed by atoms with Crippen molar-refractivity contribution < 1.29 is 19.4 Å². The number of rotatable bonds is 11. The molecule has 4 heteroatoms. The standard InChI is InChI=1S/C25H34O4/c1-18(2)23(19(3)4)29-25(27)24(28-17-21-13-9-6-10-14-21)22(26)16-15-20-11-7-5-8-12-20/h5-14,18-19,22-24,26H,15-17H2,1-4H3/t22-,24-/m0/s1. The van der Waals surface area contributed by atoms with Crippen LogP contribution in [-0.4, -0.2) is 29.4 Å². The van der Waals surface area contributed by atoms with Crippen LogP contribution < -0.4 is 0 Å². The van der Waals surface area contributed by atoms with E-state index in [-0.39, 0.29) is 24.5 Å². The van der Waals surface area contributed by atoms with E-state index in [1.165, 1.54) is 0 Å². The molecule has 0 saturated heterocycles. The molecule has 0 aliphatic heterocycles. The van der Waals surface area contributed by atoms with Crippen LogP contribution in [0.25, 0.3) is 0 Å². The maximum atomic E-state index is 12.9. The molecule has 2 aromatic rings. The third kappa shape index (κ3) is 7.64. The number of ether oxygens (including phenoxy) is 2. The van der Waals surface area contributed by atoms with Gasteiger partial charge in [-0.05, 0) is 35.8 Å². The molecule has 0 saturated carbocycles. The van der Waals surface area contributed by atoms with E-state index < -0.39 is 18.2 Å². The normalized spacial score (nSPS) is 13.7. The van der Waals surface area contributed by atoms with Gasteiger partial charge in [-0.15, -0.1) is 0 Å². The van der Waals surface area contributed by atoms with Crippen LogP contribution in [0.15, 0.2) is 60.7 Å². The molecule has 0 fully saturated rings. The van der Waals surface area contributed by atoms with E-state index in [9.17, 15) is 9.90 Å². The minimum Gasteiger partial charge on any atom is -0.460 e. The Balaban J connectivity index is 2.07. The molecule has 0 spiro atoms. The summed E-state index contributed by atoms with van der Waals surface area (Å²) in [5, 5.41) is 10.8. The number of aryl methyl sites for hydroxylation is 1. The van der Waals surface area contributed by atoms with E-state index in [2.05, 4.69) is 0 Å². The third-order valence-electron chi connectivity index (χ3n) is 4.99. The number of aliphatic hydroxyl groups excluding tert-OH is 1. The number of esters is 1. The molecule has 0 aliphatic carbocycles. The van der Waals surface area contributed by atoms with Gasteiger partial charge in [0.1, 0.15) is 6.10 Å². The fraction of sp³-hybridized carbons (Fsp3) is 0.480. The van der Waals surface area contributed by atoms with Crippen LogP contribution in [0, 0.1) is 11.8 Å². The molecule has 0 heterocycles. The third-order valence-corrected chi connectivity index (χ3v) is 4.99. The van der Waals surface area contributed by atoms with E-state index in [1.54, 1.807) is 0 Å². The van der Waals surface area contributed by atoms with E-state index >= 15 is 0 Å². The van der Waals surface area contributed by atoms with Crippen LogP contribution in [0.3, 0.4) is 0 Å². The van der Waals surface area contributed by atoms with Gasteiger partial charge in [-0.25, -0.2) is 4.79 Å². The highest BCUT2D eigenvalue weighted by molar-refractivity contribution is 5.75. The van der Waals surface area contributed by atoms with Crippen LogP contribution >= 0.6 is 0 Å². The van der Waals surface area contributed by atoms with Crippen LogP contribution in [0.5, 0.6) is 0 Å². The second-order valence-corrected chi connectivity index (χ2v) is 8.20. The summed E-state index contributed by atoms with van der Waals surface area (Å²) in [5.41, 5.74) is 2.06. The Bertz CT molecular complexity index is 704. The molecule has 0 amide bonds. The topological polar surface area (TPSA) is 55.8 Å². The number of benzene rings is 2. The van der Waals surface area contributed by atoms with Crippen molar-refractivity contribution in [3.05, 3.63) is 71.8 Å². The summed E-state index contributed by atoms with van der Waals surface area (Å²) < 4.78 is 11.6. The van der Waals surface area contributed by atoms with Gasteiger partial charge in [0, 0.05) is 0 Å². The monoisotopic (exact) mass is 398 g/mol. The molecule has 0 unspecified atom stereocenters. The van der Waals surface area contributed by atoms with Crippen LogP contribution in [0.4, 0.5) is 0 Å². The van der Waals surface area contributed by atoms with Gasteiger partial charge in [0.25, 0.3) is 0 Å². The Labute approximate surface area is 174 Å². The lowest BCUT2D eigenvalue weighted by atomic mass is 9.96. The first-order valence-electron chi connectivity index (χ1n) is 10.5. The average Bonchev–Trinajstić information content (AvgIpc) is 2.71. The zero-order chi connectivity index (χ0) is 21.2. The number of hydrogen-bond acceptors (Lipinski definition) is 4. The molecule has 0 bridgehead atoms. The highest BCUT2D eigenvalue weighted by Gasteiger charge is 2.32. The van der Waals surface area contributed by atoms with Crippen LogP contribution in [0.1, 0.15) is 45.2 Å². The van der Waals surface area contributed by atoms with Gasteiger partial charge in [0.2, 0.25) is 0 Å². The van der Waals surface area contributed by atoms with Crippen molar-refractivity contribution in [2.45, 2.75) is 65.5 Å². The number of carbonyl (C=O) groups is 1. The smallest absolute Gasteiger partial charge is 0.338 e. The Kier molecular flexibility index (Phi) is 9.36. The molecule has 158 valence electrons. The largest absolute Gasteiger partial charge is 0.460 e. The molecule has 29 heavy (non-hydrogen) atoms. The quantitative estimate of drug-likeness (QED) is 0.553. The Morgan fingerprint density at radius 1 is 0.862 bits per heavy atom. The van der Waals surface area contributed by atoms with Gasteiger partial charge in [-0.1, -0.05) is 88.4 Å². The van der Waals surface area contributed by atoms with E-state index in [4.69, 9.17) is 9.47 Å². The Morgan fingerprint density at radius 3 is 1.90 bits per heavy atom. The number of hydrogen-bond donors (Lipinski definition) is 1. The molecule has 0 aromatic heterocycles. The SMILES string of the molecule is CC(C)C(OC(=O)[C@@H](OCc1ccccc1)[C@@H](O)CCc1ccccc1)C(C)C. The van der Waals surface area contributed by atoms with Crippen molar-refractivity contribution in [2.75, 3.05) is 0 Å². The van der Waals surface area contributed by atoms with Gasteiger partial charge in [0.15, 0.2) is 6.10 Å². The summed E-state index contributed by atoms with van der Waals surface area (Å²) in [5.74, 6) is -0.112. The molecule has 2 atom stereocenters. The van der Waals surface area contributed by atoms with E-state index in [1.807, 2.05) is 88.4 Å². The van der Waals surface area contributed by atoms with Gasteiger partial charge >= 0.3 is 5.97 Å². The van der Waals surface area contributed by atoms with Crippen LogP contribution in [0.2, 0.25) is 0 Å². The molecular formula is C25H34O4. The summed E-state index contributed by atoms with van der Waals surface area (Å²) in [6.45, 7) is 8.37. The predicted octanol–water partition coefficient (Wildman–Crippen LogP) is 4.79. The summed E-state index contributed by atoms with van der Waals surface area (Å²) in [4.78, 5) is 12.9. The molecule has 4 nitrogen and oxygen atoms in total. The van der Waals surface area contributed by atoms with Crippen molar-refractivity contribution in [1.29, 1.82) is 0 Å². The summed E-state index contributed by atoms with van der Waals surface area (Å²) >= 11 is 0. The molecule has 2 aromatic carbocycles. The zero-order valence-corrected chi connectivity index (χ0v) is 18.0. The first kappa shape index (κ1) is 23.1. The number of carbonyl (C=O) groups excluding carboxylic acids is 1. The highest BCUT2D eigenvalue weighted by Crippen LogP contribution is 2.20. The lowest BCUT2D eigenvalue weighted by Crippen LogP contribution is -2.41. The van der Waals surface area contributed by atoms with Gasteiger partial charge in [-0.3, -0.25) is 0 Å². The minimum absolute atomic E-state index is 0.190. The van der Waals surface area contributed by atoms with Crippen molar-refractivity contribution in [3.8, 4) is 0 Å². The lowest BCUT2D eigenvalue weighted by molar-refractivity contribution is -0.176. The predicted molar refractivity (Wildman–Crippen MR) is 115 cm³/mol. The fourth-order valence-corrected chi connectivity index (χ4v) is 3.45. The second-order valence-electron chi connectivity index (χ2n) is 8.20. The second kappa shape index (κ2) is 11.7. The van der Waals surface area contributed by atoms with E-state index in [0.717, 1.165) is 11.1 Å². The number of aliphatic hydroxyl groups is 1.